The number of thiazole rings is 1. The van der Waals surface area contributed by atoms with E-state index in [-0.39, 0.29) is 5.75 Å². The molecule has 7 heteroatoms. The minimum atomic E-state index is -3.48. The normalized spacial score (nSPS) is 12.5. The summed E-state index contributed by atoms with van der Waals surface area (Å²) in [6.07, 6.45) is 5.05. The number of aromatic nitrogens is 2. The van der Waals surface area contributed by atoms with Crippen molar-refractivity contribution >= 4 is 60.2 Å². The fraction of sp³-hybridized carbons (Fsp3) is 0.0556. The highest BCUT2D eigenvalue weighted by Gasteiger charge is 2.14. The van der Waals surface area contributed by atoms with E-state index < -0.39 is 10.0 Å². The van der Waals surface area contributed by atoms with E-state index in [4.69, 9.17) is 11.6 Å². The lowest BCUT2D eigenvalue weighted by atomic mass is 10.2. The number of rotatable bonds is 4. The molecule has 0 atom stereocenters. The number of fused-ring (bicyclic) bond motifs is 2. The number of hydrogen-bond donors (Lipinski definition) is 0. The van der Waals surface area contributed by atoms with Crippen LogP contribution in [0.1, 0.15) is 5.56 Å². The molecule has 0 unspecified atom stereocenters. The van der Waals surface area contributed by atoms with E-state index in [0.717, 1.165) is 21.2 Å². The molecule has 0 saturated carbocycles. The molecule has 0 amide bonds. The van der Waals surface area contributed by atoms with Crippen molar-refractivity contribution in [2.24, 2.45) is 0 Å². The smallest absolute Gasteiger partial charge is 0.242 e. The van der Waals surface area contributed by atoms with E-state index in [1.54, 1.807) is 53.4 Å². The molecule has 2 aromatic heterocycles. The summed E-state index contributed by atoms with van der Waals surface area (Å²) < 4.78 is 27.6. The van der Waals surface area contributed by atoms with Crippen LogP contribution in [0.4, 0.5) is 0 Å². The van der Waals surface area contributed by atoms with Gasteiger partial charge >= 0.3 is 0 Å². The molecule has 126 valence electrons. The van der Waals surface area contributed by atoms with Crippen LogP contribution in [0.3, 0.4) is 0 Å². The largest absolute Gasteiger partial charge is 0.245 e. The first-order valence-corrected chi connectivity index (χ1v) is 10.4. The lowest BCUT2D eigenvalue weighted by molar-refractivity contribution is 0.592. The average Bonchev–Trinajstić information content (AvgIpc) is 3.20. The molecule has 0 aliphatic rings. The second-order valence-corrected chi connectivity index (χ2v) is 8.79. The van der Waals surface area contributed by atoms with Crippen LogP contribution >= 0.6 is 22.9 Å². The Hall–Kier alpha value is -2.15. The van der Waals surface area contributed by atoms with Crippen LogP contribution in [-0.4, -0.2) is 23.1 Å². The van der Waals surface area contributed by atoms with Gasteiger partial charge < -0.3 is 0 Å². The molecule has 0 N–H and O–H groups in total. The Bertz CT molecular complexity index is 1210. The van der Waals surface area contributed by atoms with E-state index in [0.29, 0.717) is 10.5 Å². The van der Waals surface area contributed by atoms with Crippen LogP contribution in [0.5, 0.6) is 0 Å². The lowest BCUT2D eigenvalue weighted by Gasteiger charge is -2.05. The van der Waals surface area contributed by atoms with Gasteiger partial charge in [0.2, 0.25) is 10.0 Å². The molecule has 4 aromatic rings. The Balaban J connectivity index is 1.59. The molecule has 2 heterocycles. The zero-order valence-corrected chi connectivity index (χ0v) is 15.4. The van der Waals surface area contributed by atoms with E-state index in [1.165, 1.54) is 3.97 Å². The summed E-state index contributed by atoms with van der Waals surface area (Å²) in [6.45, 7) is 0. The van der Waals surface area contributed by atoms with Crippen molar-refractivity contribution in [2.45, 2.75) is 0 Å². The maximum absolute atomic E-state index is 12.6. The van der Waals surface area contributed by atoms with Crippen molar-refractivity contribution < 1.29 is 8.42 Å². The van der Waals surface area contributed by atoms with Crippen molar-refractivity contribution in [1.82, 2.24) is 8.96 Å². The monoisotopic (exact) mass is 388 g/mol. The minimum Gasteiger partial charge on any atom is -0.245 e. The zero-order chi connectivity index (χ0) is 17.4. The van der Waals surface area contributed by atoms with Crippen molar-refractivity contribution in [1.29, 1.82) is 0 Å². The molecule has 0 aliphatic carbocycles. The van der Waals surface area contributed by atoms with Crippen LogP contribution in [0.2, 0.25) is 5.02 Å². The maximum atomic E-state index is 12.6. The number of benzene rings is 2. The van der Waals surface area contributed by atoms with Gasteiger partial charge in [-0.1, -0.05) is 29.8 Å². The second-order valence-electron chi connectivity index (χ2n) is 5.58. The third-order valence-electron chi connectivity index (χ3n) is 3.89. The highest BCUT2D eigenvalue weighted by molar-refractivity contribution is 7.90. The fourth-order valence-corrected chi connectivity index (χ4v) is 4.81. The van der Waals surface area contributed by atoms with Crippen molar-refractivity contribution in [3.05, 3.63) is 70.8 Å². The molecule has 0 bridgehead atoms. The van der Waals surface area contributed by atoms with Gasteiger partial charge in [0.1, 0.15) is 0 Å². The molecule has 4 nitrogen and oxygen atoms in total. The van der Waals surface area contributed by atoms with Gasteiger partial charge in [-0.25, -0.2) is 17.4 Å². The standard InChI is InChI=1S/C18H13ClN2O2S2/c19-15-4-6-17-14(11-15)7-8-21(17)25(22,23)9-1-2-13-3-5-16-18(10-13)24-12-20-16/h1-8,10-12H,9H2. The summed E-state index contributed by atoms with van der Waals surface area (Å²) in [5.74, 6) is -0.0832. The molecule has 0 aliphatic heterocycles. The summed E-state index contributed by atoms with van der Waals surface area (Å²) in [4.78, 5) is 4.23. The molecule has 2 aromatic carbocycles. The summed E-state index contributed by atoms with van der Waals surface area (Å²) in [6, 6.07) is 12.8. The fourth-order valence-electron chi connectivity index (χ4n) is 2.69. The predicted octanol–water partition coefficient (Wildman–Crippen LogP) is 4.80. The molecule has 0 saturated heterocycles. The third kappa shape index (κ3) is 3.20. The van der Waals surface area contributed by atoms with Crippen LogP contribution in [0.15, 0.2) is 60.2 Å². The van der Waals surface area contributed by atoms with Crippen LogP contribution in [0, 0.1) is 0 Å². The highest BCUT2D eigenvalue weighted by atomic mass is 35.5. The van der Waals surface area contributed by atoms with Gasteiger partial charge in [-0.05, 0) is 42.0 Å². The number of hydrogen-bond acceptors (Lipinski definition) is 4. The predicted molar refractivity (Wildman–Crippen MR) is 105 cm³/mol. The van der Waals surface area contributed by atoms with E-state index >= 15 is 0 Å². The topological polar surface area (TPSA) is 52.0 Å². The van der Waals surface area contributed by atoms with E-state index in [2.05, 4.69) is 4.98 Å². The van der Waals surface area contributed by atoms with Gasteiger partial charge in [0.25, 0.3) is 0 Å². The van der Waals surface area contributed by atoms with E-state index in [1.807, 2.05) is 24.3 Å². The molecule has 4 rings (SSSR count). The van der Waals surface area contributed by atoms with Gasteiger partial charge in [0.15, 0.2) is 0 Å². The number of nitrogens with zero attached hydrogens (tertiary/aromatic N) is 2. The molecular weight excluding hydrogens is 376 g/mol. The minimum absolute atomic E-state index is 0.0832. The Labute approximate surface area is 154 Å². The van der Waals surface area contributed by atoms with Gasteiger partial charge in [0.05, 0.1) is 27.0 Å². The Morgan fingerprint density at radius 1 is 1.16 bits per heavy atom. The van der Waals surface area contributed by atoms with Crippen LogP contribution < -0.4 is 0 Å². The Morgan fingerprint density at radius 2 is 2.04 bits per heavy atom. The highest BCUT2D eigenvalue weighted by Crippen LogP contribution is 2.23. The number of halogens is 1. The van der Waals surface area contributed by atoms with Gasteiger partial charge in [-0.15, -0.1) is 11.3 Å². The van der Waals surface area contributed by atoms with Crippen molar-refractivity contribution in [3.63, 3.8) is 0 Å². The first kappa shape index (κ1) is 16.3. The van der Waals surface area contributed by atoms with Gasteiger partial charge in [-0.3, -0.25) is 0 Å². The van der Waals surface area contributed by atoms with Crippen molar-refractivity contribution in [2.75, 3.05) is 5.75 Å². The third-order valence-corrected chi connectivity index (χ3v) is 6.45. The lowest BCUT2D eigenvalue weighted by Crippen LogP contribution is -2.14. The molecule has 0 fully saturated rings. The summed E-state index contributed by atoms with van der Waals surface area (Å²) >= 11 is 7.52. The molecule has 0 radical (unpaired) electrons. The summed E-state index contributed by atoms with van der Waals surface area (Å²) in [5.41, 5.74) is 4.33. The van der Waals surface area contributed by atoms with Crippen LogP contribution in [0.25, 0.3) is 27.2 Å². The SMILES string of the molecule is O=S(=O)(CC=Cc1ccc2ncsc2c1)n1ccc2cc(Cl)ccc21. The molecule has 25 heavy (non-hydrogen) atoms. The quantitative estimate of drug-likeness (QED) is 0.504. The molecular formula is C18H13ClN2O2S2. The average molecular weight is 389 g/mol. The first-order valence-electron chi connectivity index (χ1n) is 7.53. The summed E-state index contributed by atoms with van der Waals surface area (Å²) in [7, 11) is -3.48. The zero-order valence-electron chi connectivity index (χ0n) is 13.0. The van der Waals surface area contributed by atoms with Gasteiger partial charge in [0, 0.05) is 16.6 Å². The van der Waals surface area contributed by atoms with Crippen LogP contribution in [-0.2, 0) is 10.0 Å². The second kappa shape index (κ2) is 6.29. The Kier molecular flexibility index (Phi) is 4.11. The summed E-state index contributed by atoms with van der Waals surface area (Å²) in [5, 5.41) is 1.39. The van der Waals surface area contributed by atoms with Crippen molar-refractivity contribution in [3.8, 4) is 0 Å². The first-order chi connectivity index (χ1) is 12.0. The van der Waals surface area contributed by atoms with Gasteiger partial charge in [-0.2, -0.15) is 0 Å². The maximum Gasteiger partial charge on any atom is 0.242 e. The Morgan fingerprint density at radius 3 is 2.92 bits per heavy atom. The van der Waals surface area contributed by atoms with E-state index in [9.17, 15) is 8.42 Å². The molecule has 0 spiro atoms.